The van der Waals surface area contributed by atoms with Gasteiger partial charge >= 0.3 is 11.9 Å². The van der Waals surface area contributed by atoms with Crippen LogP contribution in [0, 0.1) is 11.7 Å². The van der Waals surface area contributed by atoms with E-state index in [0.29, 0.717) is 0 Å². The number of benzene rings is 3. The Balaban J connectivity index is 1.41. The summed E-state index contributed by atoms with van der Waals surface area (Å²) in [7, 11) is 0. The number of rotatable bonds is 19. The van der Waals surface area contributed by atoms with Crippen LogP contribution in [0.4, 0.5) is 4.39 Å². The van der Waals surface area contributed by atoms with Crippen molar-refractivity contribution in [3.05, 3.63) is 83.7 Å². The van der Waals surface area contributed by atoms with Crippen LogP contribution in [0.15, 0.2) is 66.7 Å². The molecular formula is C37H47FO5. The molecule has 232 valence electrons. The molecule has 0 bridgehead atoms. The molecule has 6 heteroatoms. The number of esters is 2. The highest BCUT2D eigenvalue weighted by Crippen LogP contribution is 2.25. The molecule has 1 unspecified atom stereocenters. The van der Waals surface area contributed by atoms with Gasteiger partial charge in [0.25, 0.3) is 0 Å². The van der Waals surface area contributed by atoms with Gasteiger partial charge in [-0.3, -0.25) is 0 Å². The molecule has 5 nitrogen and oxygen atoms in total. The van der Waals surface area contributed by atoms with E-state index in [0.717, 1.165) is 42.4 Å². The van der Waals surface area contributed by atoms with Crippen molar-refractivity contribution in [2.24, 2.45) is 5.92 Å². The molecule has 0 spiro atoms. The van der Waals surface area contributed by atoms with E-state index in [1.165, 1.54) is 69.9 Å². The van der Waals surface area contributed by atoms with Gasteiger partial charge in [0, 0.05) is 0 Å². The number of carbonyl (C=O) groups is 2. The smallest absolute Gasteiger partial charge is 0.343 e. The van der Waals surface area contributed by atoms with E-state index in [4.69, 9.17) is 14.2 Å². The lowest BCUT2D eigenvalue weighted by Crippen LogP contribution is -2.13. The standard InChI is InChI=1S/C37H47FO5/c1-4-6-7-8-9-10-11-12-13-14-25-41-33-22-19-30(20-23-33)29-15-17-31(18-16-29)37(40)43-35-24-21-32(26-34(35)38)36(39)42-27-28(3)5-2/h15-24,26,28H,4-14,25,27H2,1-3H3. The molecule has 0 fully saturated rings. The van der Waals surface area contributed by atoms with Crippen molar-refractivity contribution in [2.45, 2.75) is 91.4 Å². The molecule has 1 atom stereocenters. The van der Waals surface area contributed by atoms with Gasteiger partial charge in [-0.05, 0) is 65.9 Å². The lowest BCUT2D eigenvalue weighted by atomic mass is 10.0. The maximum atomic E-state index is 14.6. The summed E-state index contributed by atoms with van der Waals surface area (Å²) in [6.45, 7) is 7.21. The first-order valence-corrected chi connectivity index (χ1v) is 15.9. The summed E-state index contributed by atoms with van der Waals surface area (Å²) in [5.41, 5.74) is 2.29. The minimum absolute atomic E-state index is 0.0696. The summed E-state index contributed by atoms with van der Waals surface area (Å²) in [5, 5.41) is 0. The first-order valence-electron chi connectivity index (χ1n) is 15.9. The number of hydrogen-bond donors (Lipinski definition) is 0. The number of ether oxygens (including phenoxy) is 3. The molecule has 0 aliphatic carbocycles. The lowest BCUT2D eigenvalue weighted by Gasteiger charge is -2.11. The van der Waals surface area contributed by atoms with Crippen LogP contribution >= 0.6 is 0 Å². The van der Waals surface area contributed by atoms with E-state index in [2.05, 4.69) is 6.92 Å². The van der Waals surface area contributed by atoms with Gasteiger partial charge in [0.1, 0.15) is 5.75 Å². The fourth-order valence-corrected chi connectivity index (χ4v) is 4.61. The first-order chi connectivity index (χ1) is 20.9. The zero-order valence-corrected chi connectivity index (χ0v) is 26.0. The van der Waals surface area contributed by atoms with E-state index >= 15 is 0 Å². The average molecular weight is 591 g/mol. The van der Waals surface area contributed by atoms with Crippen LogP contribution in [-0.2, 0) is 4.74 Å². The summed E-state index contributed by atoms with van der Waals surface area (Å²) < 4.78 is 31.0. The molecule has 0 aliphatic rings. The molecule has 0 saturated heterocycles. The first kappa shape index (κ1) is 33.8. The Morgan fingerprint density at radius 1 is 0.698 bits per heavy atom. The van der Waals surface area contributed by atoms with Crippen LogP contribution in [0.1, 0.15) is 112 Å². The van der Waals surface area contributed by atoms with Crippen LogP contribution in [-0.4, -0.2) is 25.2 Å². The largest absolute Gasteiger partial charge is 0.494 e. The van der Waals surface area contributed by atoms with E-state index < -0.39 is 17.8 Å². The Hall–Kier alpha value is -3.67. The van der Waals surface area contributed by atoms with Crippen molar-refractivity contribution in [3.63, 3.8) is 0 Å². The highest BCUT2D eigenvalue weighted by Gasteiger charge is 2.16. The maximum absolute atomic E-state index is 14.6. The molecule has 0 aliphatic heterocycles. The fourth-order valence-electron chi connectivity index (χ4n) is 4.61. The van der Waals surface area contributed by atoms with Crippen LogP contribution in [0.3, 0.4) is 0 Å². The predicted molar refractivity (Wildman–Crippen MR) is 170 cm³/mol. The molecule has 3 aromatic carbocycles. The molecular weight excluding hydrogens is 543 g/mol. The molecule has 0 amide bonds. The topological polar surface area (TPSA) is 61.8 Å². The Morgan fingerprint density at radius 3 is 1.84 bits per heavy atom. The van der Waals surface area contributed by atoms with Crippen molar-refractivity contribution < 1.29 is 28.2 Å². The quantitative estimate of drug-likeness (QED) is 0.0790. The van der Waals surface area contributed by atoms with E-state index in [-0.39, 0.29) is 29.4 Å². The van der Waals surface area contributed by atoms with Crippen molar-refractivity contribution >= 4 is 11.9 Å². The molecule has 0 heterocycles. The van der Waals surface area contributed by atoms with Crippen molar-refractivity contribution in [1.29, 1.82) is 0 Å². The van der Waals surface area contributed by atoms with Gasteiger partial charge in [-0.25, -0.2) is 14.0 Å². The van der Waals surface area contributed by atoms with Gasteiger partial charge in [0.2, 0.25) is 0 Å². The second-order valence-corrected chi connectivity index (χ2v) is 11.3. The fraction of sp³-hybridized carbons (Fsp3) is 0.459. The Labute approximate surface area is 256 Å². The van der Waals surface area contributed by atoms with Crippen LogP contribution in [0.5, 0.6) is 11.5 Å². The van der Waals surface area contributed by atoms with Crippen molar-refractivity contribution in [2.75, 3.05) is 13.2 Å². The molecule has 0 saturated carbocycles. The molecule has 0 radical (unpaired) electrons. The molecule has 43 heavy (non-hydrogen) atoms. The van der Waals surface area contributed by atoms with E-state index in [9.17, 15) is 14.0 Å². The maximum Gasteiger partial charge on any atom is 0.343 e. The van der Waals surface area contributed by atoms with Crippen LogP contribution in [0.2, 0.25) is 0 Å². The third-order valence-corrected chi connectivity index (χ3v) is 7.64. The highest BCUT2D eigenvalue weighted by atomic mass is 19.1. The third kappa shape index (κ3) is 11.9. The number of halogens is 1. The third-order valence-electron chi connectivity index (χ3n) is 7.64. The summed E-state index contributed by atoms with van der Waals surface area (Å²) in [4.78, 5) is 24.8. The lowest BCUT2D eigenvalue weighted by molar-refractivity contribution is 0.0446. The molecule has 0 N–H and O–H groups in total. The summed E-state index contributed by atoms with van der Waals surface area (Å²) in [6.07, 6.45) is 13.9. The summed E-state index contributed by atoms with van der Waals surface area (Å²) in [6, 6.07) is 18.5. The van der Waals surface area contributed by atoms with Gasteiger partial charge in [0.15, 0.2) is 11.6 Å². The van der Waals surface area contributed by atoms with E-state index in [1.54, 1.807) is 12.1 Å². The monoisotopic (exact) mass is 590 g/mol. The van der Waals surface area contributed by atoms with Crippen LogP contribution < -0.4 is 9.47 Å². The zero-order chi connectivity index (χ0) is 30.9. The van der Waals surface area contributed by atoms with E-state index in [1.807, 2.05) is 50.2 Å². The predicted octanol–water partition coefficient (Wildman–Crippen LogP) is 10.2. The second-order valence-electron chi connectivity index (χ2n) is 11.3. The average Bonchev–Trinajstić information content (AvgIpc) is 3.03. The van der Waals surface area contributed by atoms with Crippen LogP contribution in [0.25, 0.3) is 11.1 Å². The van der Waals surface area contributed by atoms with Gasteiger partial charge < -0.3 is 14.2 Å². The SMILES string of the molecule is CCCCCCCCCCCCOc1ccc(-c2ccc(C(=O)Oc3ccc(C(=O)OCC(C)CC)cc3F)cc2)cc1. The minimum Gasteiger partial charge on any atom is -0.494 e. The molecule has 0 aromatic heterocycles. The van der Waals surface area contributed by atoms with Gasteiger partial charge in [-0.15, -0.1) is 0 Å². The molecule has 3 aromatic rings. The summed E-state index contributed by atoms with van der Waals surface area (Å²) >= 11 is 0. The number of hydrogen-bond acceptors (Lipinski definition) is 5. The Kier molecular flexibility index (Phi) is 14.8. The van der Waals surface area contributed by atoms with Gasteiger partial charge in [0.05, 0.1) is 24.3 Å². The summed E-state index contributed by atoms with van der Waals surface area (Å²) in [5.74, 6) is -1.29. The molecule has 3 rings (SSSR count). The minimum atomic E-state index is -0.807. The Bertz CT molecular complexity index is 1250. The Morgan fingerprint density at radius 2 is 1.26 bits per heavy atom. The van der Waals surface area contributed by atoms with Crippen molar-refractivity contribution in [1.82, 2.24) is 0 Å². The van der Waals surface area contributed by atoms with Gasteiger partial charge in [-0.1, -0.05) is 109 Å². The highest BCUT2D eigenvalue weighted by molar-refractivity contribution is 5.92. The number of carbonyl (C=O) groups excluding carboxylic acids is 2. The van der Waals surface area contributed by atoms with Gasteiger partial charge in [-0.2, -0.15) is 0 Å². The second kappa shape index (κ2) is 18.8. The number of unbranched alkanes of at least 4 members (excludes halogenated alkanes) is 9. The van der Waals surface area contributed by atoms with Crippen molar-refractivity contribution in [3.8, 4) is 22.6 Å². The zero-order valence-electron chi connectivity index (χ0n) is 26.0. The normalized spacial score (nSPS) is 11.6.